The molecular weight excluding hydrogens is 536 g/mol. The number of aromatic nitrogens is 4. The lowest BCUT2D eigenvalue weighted by Gasteiger charge is -2.18. The van der Waals surface area contributed by atoms with E-state index in [-0.39, 0.29) is 17.7 Å². The van der Waals surface area contributed by atoms with Gasteiger partial charge in [0.05, 0.1) is 29.5 Å². The number of fused-ring (bicyclic) bond motifs is 1. The zero-order chi connectivity index (χ0) is 29.1. The van der Waals surface area contributed by atoms with Gasteiger partial charge in [0.2, 0.25) is 0 Å². The van der Waals surface area contributed by atoms with Crippen molar-refractivity contribution in [3.8, 4) is 22.7 Å². The maximum atomic E-state index is 11.3. The number of allylic oxidation sites excluding steroid dienone is 2. The molecule has 208 valence electrons. The molecule has 0 saturated heterocycles. The summed E-state index contributed by atoms with van der Waals surface area (Å²) in [5.41, 5.74) is 3.40. The Hall–Kier alpha value is -5.81. The third-order valence-corrected chi connectivity index (χ3v) is 6.46. The number of aliphatic hydroxyl groups is 1. The fraction of sp³-hybridized carbons (Fsp3) is 0.0645. The van der Waals surface area contributed by atoms with Crippen LogP contribution in [0.5, 0.6) is 5.75 Å². The van der Waals surface area contributed by atoms with Crippen molar-refractivity contribution in [3.63, 3.8) is 0 Å². The van der Waals surface area contributed by atoms with Crippen LogP contribution in [0.1, 0.15) is 15.9 Å². The summed E-state index contributed by atoms with van der Waals surface area (Å²) < 4.78 is 14.2. The molecule has 3 N–H and O–H groups in total. The molecule has 5 aromatic rings. The molecule has 0 radical (unpaired) electrons. The van der Waals surface area contributed by atoms with E-state index < -0.39 is 12.1 Å². The molecule has 0 bridgehead atoms. The Morgan fingerprint density at radius 2 is 1.83 bits per heavy atom. The van der Waals surface area contributed by atoms with Gasteiger partial charge in [0.1, 0.15) is 23.9 Å². The Kier molecular flexibility index (Phi) is 7.14. The van der Waals surface area contributed by atoms with Crippen LogP contribution < -0.4 is 10.2 Å². The average Bonchev–Trinajstić information content (AvgIpc) is 3.42. The smallest absolute Gasteiger partial charge is 0.335 e. The van der Waals surface area contributed by atoms with Crippen molar-refractivity contribution in [1.82, 2.24) is 19.4 Å². The first-order chi connectivity index (χ1) is 20.5. The van der Waals surface area contributed by atoms with E-state index >= 15 is 0 Å². The minimum absolute atomic E-state index is 0.0799. The maximum absolute atomic E-state index is 11.3. The van der Waals surface area contributed by atoms with E-state index in [1.165, 1.54) is 23.1 Å². The van der Waals surface area contributed by atoms with Gasteiger partial charge in [-0.05, 0) is 60.2 Å². The van der Waals surface area contributed by atoms with Crippen LogP contribution in [0, 0.1) is 5.41 Å². The van der Waals surface area contributed by atoms with Gasteiger partial charge in [-0.2, -0.15) is 10.2 Å². The Labute approximate surface area is 239 Å². The third-order valence-electron chi connectivity index (χ3n) is 6.46. The van der Waals surface area contributed by atoms with E-state index in [1.807, 2.05) is 42.5 Å². The molecule has 0 amide bonds. The number of aliphatic hydroxyl groups excluding tert-OH is 1. The summed E-state index contributed by atoms with van der Waals surface area (Å²) >= 11 is 0. The summed E-state index contributed by atoms with van der Waals surface area (Å²) in [5.74, 6) is -0.174. The van der Waals surface area contributed by atoms with Crippen LogP contribution in [-0.2, 0) is 4.74 Å². The highest BCUT2D eigenvalue weighted by Crippen LogP contribution is 2.26. The zero-order valence-electron chi connectivity index (χ0n) is 22.0. The fourth-order valence-corrected chi connectivity index (χ4v) is 4.35. The van der Waals surface area contributed by atoms with Gasteiger partial charge in [-0.15, -0.1) is 0 Å². The Balaban J connectivity index is 1.32. The molecule has 1 aliphatic heterocycles. The molecule has 1 unspecified atom stereocenters. The van der Waals surface area contributed by atoms with Gasteiger partial charge in [0, 0.05) is 11.6 Å². The van der Waals surface area contributed by atoms with Crippen LogP contribution in [-0.4, -0.2) is 54.5 Å². The molecule has 11 nitrogen and oxygen atoms in total. The van der Waals surface area contributed by atoms with Gasteiger partial charge < -0.3 is 19.7 Å². The summed E-state index contributed by atoms with van der Waals surface area (Å²) in [6.07, 6.45) is 7.79. The number of carbonyl (C=O) groups is 1. The highest BCUT2D eigenvalue weighted by molar-refractivity contribution is 5.91. The van der Waals surface area contributed by atoms with E-state index in [4.69, 9.17) is 20.0 Å². The zero-order valence-corrected chi connectivity index (χ0v) is 22.0. The van der Waals surface area contributed by atoms with E-state index in [0.717, 1.165) is 11.1 Å². The fourth-order valence-electron chi connectivity index (χ4n) is 4.35. The number of carboxylic acids is 1. The highest BCUT2D eigenvalue weighted by Gasteiger charge is 2.18. The number of aromatic carboxylic acids is 1. The summed E-state index contributed by atoms with van der Waals surface area (Å²) in [4.78, 5) is 15.9. The summed E-state index contributed by atoms with van der Waals surface area (Å²) in [7, 11) is 0. The van der Waals surface area contributed by atoms with Gasteiger partial charge in [-0.25, -0.2) is 19.1 Å². The molecule has 6 rings (SSSR count). The molecule has 0 aliphatic carbocycles. The van der Waals surface area contributed by atoms with Crippen molar-refractivity contribution >= 4 is 23.2 Å². The first-order valence-corrected chi connectivity index (χ1v) is 12.9. The minimum atomic E-state index is -1.02. The number of rotatable bonds is 8. The maximum Gasteiger partial charge on any atom is 0.335 e. The van der Waals surface area contributed by atoms with Crippen molar-refractivity contribution in [2.75, 3.05) is 6.61 Å². The summed E-state index contributed by atoms with van der Waals surface area (Å²) in [6.45, 7) is -0.142. The van der Waals surface area contributed by atoms with Crippen molar-refractivity contribution in [3.05, 3.63) is 126 Å². The lowest BCUT2D eigenvalue weighted by molar-refractivity contribution is 0.0317. The van der Waals surface area contributed by atoms with E-state index in [2.05, 4.69) is 10.1 Å². The summed E-state index contributed by atoms with van der Waals surface area (Å²) in [6, 6.07) is 22.9. The van der Waals surface area contributed by atoms with Crippen molar-refractivity contribution in [1.29, 1.82) is 5.41 Å². The van der Waals surface area contributed by atoms with Gasteiger partial charge in [0.15, 0.2) is 11.1 Å². The van der Waals surface area contributed by atoms with E-state index in [9.17, 15) is 15.0 Å². The van der Waals surface area contributed by atoms with Crippen LogP contribution in [0.15, 0.2) is 114 Å². The minimum Gasteiger partial charge on any atom is -0.478 e. The Bertz CT molecular complexity index is 1910. The van der Waals surface area contributed by atoms with Crippen LogP contribution >= 0.6 is 0 Å². The standard InChI is InChI=1S/C31H24N6O5/c32-29-27-28(21-5-2-1-3-6-21)35-37(23-13-11-22(12-14-23)31(39)40)30(27)33-19-36(29)34-17-20-9-15-24(16-10-20)41-26-8-4-7-25(18-38)42-26/h1-17,19,25,32,38H,18H2,(H,39,40)/b32-29?,34-17-. The van der Waals surface area contributed by atoms with Crippen LogP contribution in [0.25, 0.3) is 28.0 Å². The molecule has 1 atom stereocenters. The second kappa shape index (κ2) is 11.4. The molecule has 3 heterocycles. The van der Waals surface area contributed by atoms with Crippen LogP contribution in [0.4, 0.5) is 0 Å². The van der Waals surface area contributed by atoms with E-state index in [0.29, 0.717) is 34.1 Å². The molecule has 0 saturated carbocycles. The number of ether oxygens (including phenoxy) is 2. The van der Waals surface area contributed by atoms with Gasteiger partial charge in [-0.1, -0.05) is 36.4 Å². The van der Waals surface area contributed by atoms with E-state index in [1.54, 1.807) is 53.4 Å². The molecule has 11 heteroatoms. The second-order valence-electron chi connectivity index (χ2n) is 9.24. The number of nitrogens with one attached hydrogen (secondary N) is 1. The predicted molar refractivity (Wildman–Crippen MR) is 154 cm³/mol. The second-order valence-corrected chi connectivity index (χ2v) is 9.24. The number of carboxylic acid groups (broad SMARTS) is 1. The van der Waals surface area contributed by atoms with Crippen LogP contribution in [0.2, 0.25) is 0 Å². The van der Waals surface area contributed by atoms with Gasteiger partial charge >= 0.3 is 5.97 Å². The largest absolute Gasteiger partial charge is 0.478 e. The average molecular weight is 561 g/mol. The number of benzene rings is 3. The summed E-state index contributed by atoms with van der Waals surface area (Å²) in [5, 5.41) is 37.3. The molecule has 2 aromatic heterocycles. The number of nitrogens with zero attached hydrogens (tertiary/aromatic N) is 5. The molecular formula is C31H24N6O5. The van der Waals surface area contributed by atoms with Crippen LogP contribution in [0.3, 0.4) is 0 Å². The highest BCUT2D eigenvalue weighted by atomic mass is 16.7. The molecule has 3 aromatic carbocycles. The molecule has 1 aliphatic rings. The third kappa shape index (κ3) is 5.31. The molecule has 0 fully saturated rings. The predicted octanol–water partition coefficient (Wildman–Crippen LogP) is 4.12. The first kappa shape index (κ1) is 26.4. The monoisotopic (exact) mass is 560 g/mol. The number of hydrogen-bond donors (Lipinski definition) is 3. The quantitative estimate of drug-likeness (QED) is 0.242. The molecule has 0 spiro atoms. The van der Waals surface area contributed by atoms with Gasteiger partial charge in [-0.3, -0.25) is 5.41 Å². The normalized spacial score (nSPS) is 14.6. The Morgan fingerprint density at radius 3 is 2.55 bits per heavy atom. The van der Waals surface area contributed by atoms with Crippen molar-refractivity contribution in [2.45, 2.75) is 6.10 Å². The SMILES string of the molecule is N=c1c2c(-c3ccccc3)nn(-c3ccc(C(=O)O)cc3)c2ncn1/N=C\c1ccc(OC2=CC=CC(CO)O2)cc1. The Morgan fingerprint density at radius 1 is 1.07 bits per heavy atom. The lowest BCUT2D eigenvalue weighted by atomic mass is 10.1. The van der Waals surface area contributed by atoms with Crippen molar-refractivity contribution in [2.24, 2.45) is 5.10 Å². The first-order valence-electron chi connectivity index (χ1n) is 12.9. The molecule has 42 heavy (non-hydrogen) atoms. The number of hydrogen-bond acceptors (Lipinski definition) is 8. The lowest BCUT2D eigenvalue weighted by Crippen LogP contribution is -2.18. The van der Waals surface area contributed by atoms with Gasteiger partial charge in [0.25, 0.3) is 5.95 Å². The topological polar surface area (TPSA) is 148 Å². The van der Waals surface area contributed by atoms with Crippen molar-refractivity contribution < 1.29 is 24.5 Å².